The van der Waals surface area contributed by atoms with E-state index in [1.54, 1.807) is 35.7 Å². The van der Waals surface area contributed by atoms with Gasteiger partial charge in [-0.2, -0.15) is 0 Å². The fraction of sp³-hybridized carbons (Fsp3) is 0.176. The number of phenolic OH excluding ortho intramolecular Hbond substituents is 2. The second kappa shape index (κ2) is 5.70. The molecule has 0 unspecified atom stereocenters. The Morgan fingerprint density at radius 2 is 1.81 bits per heavy atom. The van der Waals surface area contributed by atoms with Crippen LogP contribution >= 0.6 is 23.5 Å². The highest BCUT2D eigenvalue weighted by molar-refractivity contribution is 7.99. The molecule has 0 spiro atoms. The lowest BCUT2D eigenvalue weighted by molar-refractivity contribution is 0.402. The third kappa shape index (κ3) is 2.65. The van der Waals surface area contributed by atoms with Crippen LogP contribution < -0.4 is 0 Å². The largest absolute Gasteiger partial charge is 0.504 e. The maximum absolute atomic E-state index is 9.73. The van der Waals surface area contributed by atoms with Crippen LogP contribution in [-0.4, -0.2) is 16.5 Å². The van der Waals surface area contributed by atoms with Gasteiger partial charge in [0.15, 0.2) is 11.5 Å². The average molecular weight is 316 g/mol. The summed E-state index contributed by atoms with van der Waals surface area (Å²) < 4.78 is 0. The number of allylic oxidation sites excluding steroid dienone is 1. The Morgan fingerprint density at radius 1 is 1.05 bits per heavy atom. The molecule has 2 nitrogen and oxygen atoms in total. The number of hydrogen-bond donors (Lipinski definition) is 2. The van der Waals surface area contributed by atoms with E-state index in [4.69, 9.17) is 0 Å². The van der Waals surface area contributed by atoms with E-state index in [0.717, 1.165) is 16.9 Å². The topological polar surface area (TPSA) is 40.5 Å². The van der Waals surface area contributed by atoms with Crippen molar-refractivity contribution in [1.82, 2.24) is 0 Å². The minimum Gasteiger partial charge on any atom is -0.504 e. The smallest absolute Gasteiger partial charge is 0.158 e. The Labute approximate surface area is 132 Å². The highest BCUT2D eigenvalue weighted by Crippen LogP contribution is 2.45. The van der Waals surface area contributed by atoms with Crippen molar-refractivity contribution in [1.29, 1.82) is 0 Å². The Hall–Kier alpha value is -1.52. The van der Waals surface area contributed by atoms with E-state index in [9.17, 15) is 10.2 Å². The van der Waals surface area contributed by atoms with E-state index < -0.39 is 0 Å². The summed E-state index contributed by atoms with van der Waals surface area (Å²) in [5.74, 6) is -0.145. The highest BCUT2D eigenvalue weighted by atomic mass is 32.2. The Morgan fingerprint density at radius 3 is 2.52 bits per heavy atom. The summed E-state index contributed by atoms with van der Waals surface area (Å²) >= 11 is 3.37. The van der Waals surface area contributed by atoms with Crippen LogP contribution in [0.1, 0.15) is 24.5 Å². The molecule has 0 bridgehead atoms. The van der Waals surface area contributed by atoms with Crippen LogP contribution in [0.15, 0.2) is 45.0 Å². The fourth-order valence-electron chi connectivity index (χ4n) is 2.43. The third-order valence-electron chi connectivity index (χ3n) is 3.57. The monoisotopic (exact) mass is 316 g/mol. The Kier molecular flexibility index (Phi) is 3.91. The quantitative estimate of drug-likeness (QED) is 0.587. The van der Waals surface area contributed by atoms with Crippen LogP contribution in [0.25, 0.3) is 11.6 Å². The van der Waals surface area contributed by atoms with Crippen LogP contribution in [0.3, 0.4) is 0 Å². The van der Waals surface area contributed by atoms with Crippen molar-refractivity contribution in [3.63, 3.8) is 0 Å². The predicted octanol–water partition coefficient (Wildman–Crippen LogP) is 5.23. The van der Waals surface area contributed by atoms with Crippen LogP contribution in [0.2, 0.25) is 0 Å². The van der Waals surface area contributed by atoms with Gasteiger partial charge in [-0.05, 0) is 65.8 Å². The normalized spacial score (nSPS) is 13.1. The summed E-state index contributed by atoms with van der Waals surface area (Å²) in [7, 11) is 0. The van der Waals surface area contributed by atoms with Crippen molar-refractivity contribution in [2.45, 2.75) is 28.0 Å². The van der Waals surface area contributed by atoms with Gasteiger partial charge in [0.05, 0.1) is 0 Å². The summed E-state index contributed by atoms with van der Waals surface area (Å²) in [4.78, 5) is 3.39. The zero-order valence-electron chi connectivity index (χ0n) is 11.9. The van der Waals surface area contributed by atoms with Crippen LogP contribution in [0, 0.1) is 0 Å². The van der Waals surface area contributed by atoms with Gasteiger partial charge >= 0.3 is 0 Å². The van der Waals surface area contributed by atoms with Crippen LogP contribution in [-0.2, 0) is 0 Å². The van der Waals surface area contributed by atoms with E-state index in [0.29, 0.717) is 0 Å². The molecule has 0 saturated heterocycles. The fourth-order valence-corrected chi connectivity index (χ4v) is 3.95. The van der Waals surface area contributed by atoms with Crippen LogP contribution in [0.5, 0.6) is 11.5 Å². The molecule has 0 aliphatic carbocycles. The second-order valence-electron chi connectivity index (χ2n) is 4.87. The maximum Gasteiger partial charge on any atom is 0.158 e. The minimum atomic E-state index is -0.0724. The summed E-state index contributed by atoms with van der Waals surface area (Å²) in [6.07, 6.45) is 5.11. The molecule has 0 aromatic heterocycles. The Balaban J connectivity index is 2.22. The molecule has 21 heavy (non-hydrogen) atoms. The number of thioether (sulfide) groups is 1. The zero-order chi connectivity index (χ0) is 15.0. The minimum absolute atomic E-state index is 0.0723. The summed E-state index contributed by atoms with van der Waals surface area (Å²) in [6, 6.07) is 9.74. The molecule has 108 valence electrons. The lowest BCUT2D eigenvalue weighted by Gasteiger charge is -2.10. The van der Waals surface area contributed by atoms with Crippen molar-refractivity contribution in [2.75, 3.05) is 6.26 Å². The van der Waals surface area contributed by atoms with Gasteiger partial charge in [0, 0.05) is 14.7 Å². The molecular formula is C17H16O2S2. The van der Waals surface area contributed by atoms with E-state index >= 15 is 0 Å². The first kappa shape index (κ1) is 14.4. The first-order valence-corrected chi connectivity index (χ1v) is 8.79. The third-order valence-corrected chi connectivity index (χ3v) is 5.44. The van der Waals surface area contributed by atoms with Gasteiger partial charge in [-0.15, -0.1) is 11.8 Å². The molecule has 0 amide bonds. The van der Waals surface area contributed by atoms with Crippen LogP contribution in [0.4, 0.5) is 0 Å². The van der Waals surface area contributed by atoms with Crippen molar-refractivity contribution in [3.05, 3.63) is 41.5 Å². The van der Waals surface area contributed by atoms with Gasteiger partial charge < -0.3 is 10.2 Å². The molecule has 0 saturated carbocycles. The molecule has 3 rings (SSSR count). The molecular weight excluding hydrogens is 300 g/mol. The van der Waals surface area contributed by atoms with Crippen molar-refractivity contribution < 1.29 is 10.2 Å². The number of fused-ring (bicyclic) bond motifs is 2. The maximum atomic E-state index is 9.73. The summed E-state index contributed by atoms with van der Waals surface area (Å²) in [5, 5.41) is 19.5. The Bertz CT molecular complexity index is 736. The molecule has 1 aliphatic heterocycles. The standard InChI is InChI=1S/C17H16O2S2/c1-3-10-6-11-7-14(18)15(19)9-17(11)21-16-5-4-12(20-2)8-13(10)16/h4-9,18-19H,3H2,1-2H3. The second-order valence-corrected chi connectivity index (χ2v) is 6.83. The zero-order valence-corrected chi connectivity index (χ0v) is 13.5. The molecule has 1 aliphatic rings. The van der Waals surface area contributed by atoms with Gasteiger partial charge in [0.25, 0.3) is 0 Å². The molecule has 0 fully saturated rings. The highest BCUT2D eigenvalue weighted by Gasteiger charge is 2.17. The van der Waals surface area contributed by atoms with E-state index in [1.807, 2.05) is 0 Å². The number of phenols is 2. The van der Waals surface area contributed by atoms with Gasteiger partial charge in [-0.3, -0.25) is 0 Å². The SMILES string of the molecule is CCC1=Cc2cc(O)c(O)cc2Sc2ccc(SC)cc21. The van der Waals surface area contributed by atoms with E-state index in [1.165, 1.54) is 20.9 Å². The molecule has 2 aromatic carbocycles. The van der Waals surface area contributed by atoms with Gasteiger partial charge in [-0.1, -0.05) is 18.7 Å². The first-order valence-electron chi connectivity index (χ1n) is 6.75. The molecule has 0 radical (unpaired) electrons. The van der Waals surface area contributed by atoms with Crippen molar-refractivity contribution in [2.24, 2.45) is 0 Å². The van der Waals surface area contributed by atoms with Crippen molar-refractivity contribution >= 4 is 35.2 Å². The van der Waals surface area contributed by atoms with Crippen molar-refractivity contribution in [3.8, 4) is 11.5 Å². The molecule has 2 aromatic rings. The first-order chi connectivity index (χ1) is 10.1. The summed E-state index contributed by atoms with van der Waals surface area (Å²) in [5.41, 5.74) is 3.44. The van der Waals surface area contributed by atoms with Gasteiger partial charge in [0.1, 0.15) is 0 Å². The molecule has 2 N–H and O–H groups in total. The number of hydrogen-bond acceptors (Lipinski definition) is 4. The van der Waals surface area contributed by atoms with E-state index in [-0.39, 0.29) is 11.5 Å². The number of benzene rings is 2. The lowest BCUT2D eigenvalue weighted by Crippen LogP contribution is -1.86. The van der Waals surface area contributed by atoms with E-state index in [2.05, 4.69) is 37.5 Å². The van der Waals surface area contributed by atoms with Gasteiger partial charge in [0.2, 0.25) is 0 Å². The summed E-state index contributed by atoms with van der Waals surface area (Å²) in [6.45, 7) is 2.14. The lowest BCUT2D eigenvalue weighted by atomic mass is 10.0. The van der Waals surface area contributed by atoms with Gasteiger partial charge in [-0.25, -0.2) is 0 Å². The average Bonchev–Trinajstić information content (AvgIpc) is 2.63. The molecule has 4 heteroatoms. The number of rotatable bonds is 2. The molecule has 0 atom stereocenters. The molecule has 1 heterocycles. The predicted molar refractivity (Wildman–Crippen MR) is 90.3 cm³/mol. The number of aromatic hydroxyl groups is 2.